The molecule has 0 spiro atoms. The van der Waals surface area contributed by atoms with Gasteiger partial charge in [-0.2, -0.15) is 9.37 Å². The first-order valence-corrected chi connectivity index (χ1v) is 9.31. The van der Waals surface area contributed by atoms with Crippen molar-refractivity contribution in [2.75, 3.05) is 18.5 Å². The zero-order valence-corrected chi connectivity index (χ0v) is 16.5. The molecule has 0 fully saturated rings. The number of allylic oxidation sites excluding steroid dienone is 4. The molecule has 8 heteroatoms. The minimum atomic E-state index is -0.956. The fourth-order valence-corrected chi connectivity index (χ4v) is 2.87. The Morgan fingerprint density at radius 1 is 1.34 bits per heavy atom. The fourth-order valence-electron chi connectivity index (χ4n) is 2.87. The van der Waals surface area contributed by atoms with E-state index in [4.69, 9.17) is 9.47 Å². The van der Waals surface area contributed by atoms with Crippen molar-refractivity contribution in [2.45, 2.75) is 27.3 Å². The van der Waals surface area contributed by atoms with Crippen molar-refractivity contribution in [3.8, 4) is 11.5 Å². The van der Waals surface area contributed by atoms with Crippen LogP contribution in [0.3, 0.4) is 0 Å². The van der Waals surface area contributed by atoms with E-state index in [1.807, 2.05) is 19.9 Å². The lowest BCUT2D eigenvalue weighted by atomic mass is 10.1. The lowest BCUT2D eigenvalue weighted by Crippen LogP contribution is -2.21. The van der Waals surface area contributed by atoms with Gasteiger partial charge in [-0.25, -0.2) is 4.39 Å². The molecule has 2 aromatic rings. The van der Waals surface area contributed by atoms with Gasteiger partial charge in [-0.3, -0.25) is 4.79 Å². The molecule has 2 heterocycles. The Kier molecular flexibility index (Phi) is 6.31. The molecule has 0 radical (unpaired) electrons. The van der Waals surface area contributed by atoms with Gasteiger partial charge in [0.2, 0.25) is 11.8 Å². The van der Waals surface area contributed by atoms with Gasteiger partial charge in [-0.05, 0) is 37.5 Å². The Hall–Kier alpha value is -3.16. The summed E-state index contributed by atoms with van der Waals surface area (Å²) in [6, 6.07) is 3.59. The van der Waals surface area contributed by atoms with Crippen LogP contribution in [0, 0.1) is 18.7 Å². The topological polar surface area (TPSA) is 65.4 Å². The van der Waals surface area contributed by atoms with Crippen LogP contribution in [0.1, 0.15) is 19.4 Å². The van der Waals surface area contributed by atoms with E-state index >= 15 is 0 Å². The zero-order valence-electron chi connectivity index (χ0n) is 16.5. The van der Waals surface area contributed by atoms with E-state index in [2.05, 4.69) is 10.3 Å². The average molecular weight is 403 g/mol. The van der Waals surface area contributed by atoms with Gasteiger partial charge in [0.1, 0.15) is 19.0 Å². The average Bonchev–Trinajstić information content (AvgIpc) is 2.70. The maximum absolute atomic E-state index is 13.9. The van der Waals surface area contributed by atoms with Crippen LogP contribution in [0.15, 0.2) is 47.2 Å². The van der Waals surface area contributed by atoms with Gasteiger partial charge < -0.3 is 19.4 Å². The quantitative estimate of drug-likeness (QED) is 0.730. The van der Waals surface area contributed by atoms with Crippen LogP contribution in [0.25, 0.3) is 0 Å². The maximum atomic E-state index is 13.9. The standard InChI is InChI=1S/C21H23F2N3O3/c1-4-15(22)6-5-13(2)11-26-12-16(23)20(27)25-21(26)24-17-10-19-18(9-14(17)3)28-7-8-29-19/h4-6,9-10,12-13H,7-8,11H2,1-3H3,(H,24,25,27)/b6-5-,15-4+. The van der Waals surface area contributed by atoms with Crippen molar-refractivity contribution < 1.29 is 18.3 Å². The lowest BCUT2D eigenvalue weighted by molar-refractivity contribution is 0.171. The summed E-state index contributed by atoms with van der Waals surface area (Å²) >= 11 is 0. The molecule has 0 amide bonds. The summed E-state index contributed by atoms with van der Waals surface area (Å²) < 4.78 is 39.8. The fraction of sp³-hybridized carbons (Fsp3) is 0.333. The molecule has 29 heavy (non-hydrogen) atoms. The minimum absolute atomic E-state index is 0.133. The third-order valence-corrected chi connectivity index (χ3v) is 4.43. The van der Waals surface area contributed by atoms with Crippen LogP contribution in [-0.4, -0.2) is 22.8 Å². The van der Waals surface area contributed by atoms with Gasteiger partial charge >= 0.3 is 5.56 Å². The van der Waals surface area contributed by atoms with Crippen molar-refractivity contribution in [1.29, 1.82) is 0 Å². The van der Waals surface area contributed by atoms with Crippen LogP contribution in [0.4, 0.5) is 20.4 Å². The third kappa shape index (κ3) is 5.01. The van der Waals surface area contributed by atoms with Gasteiger partial charge in [-0.15, -0.1) is 0 Å². The SMILES string of the molecule is C/C=C(F)\C=C/C(C)Cn1cc(F)c(=O)nc1Nc1cc2c(cc1C)OCCO2. The molecule has 0 saturated carbocycles. The second-order valence-electron chi connectivity index (χ2n) is 6.82. The molecule has 1 aromatic heterocycles. The number of aryl methyl sites for hydroxylation is 1. The molecule has 1 unspecified atom stereocenters. The monoisotopic (exact) mass is 403 g/mol. The first-order chi connectivity index (χ1) is 13.9. The molecule has 1 atom stereocenters. The summed E-state index contributed by atoms with van der Waals surface area (Å²) in [7, 11) is 0. The van der Waals surface area contributed by atoms with Gasteiger partial charge in [0, 0.05) is 24.5 Å². The van der Waals surface area contributed by atoms with Crippen LogP contribution in [-0.2, 0) is 6.54 Å². The van der Waals surface area contributed by atoms with Crippen molar-refractivity contribution in [1.82, 2.24) is 9.55 Å². The Labute approximate surface area is 167 Å². The highest BCUT2D eigenvalue weighted by molar-refractivity contribution is 5.64. The predicted octanol–water partition coefficient (Wildman–Crippen LogP) is 4.27. The molecule has 1 N–H and O–H groups in total. The molecular weight excluding hydrogens is 380 g/mol. The number of anilines is 2. The highest BCUT2D eigenvalue weighted by atomic mass is 19.1. The third-order valence-electron chi connectivity index (χ3n) is 4.43. The number of aromatic nitrogens is 2. The summed E-state index contributed by atoms with van der Waals surface area (Å²) in [5, 5.41) is 3.08. The Balaban J connectivity index is 1.90. The van der Waals surface area contributed by atoms with E-state index in [9.17, 15) is 13.6 Å². The molecule has 0 bridgehead atoms. The molecule has 1 aromatic carbocycles. The second-order valence-corrected chi connectivity index (χ2v) is 6.82. The van der Waals surface area contributed by atoms with Crippen LogP contribution in [0.2, 0.25) is 0 Å². The number of benzene rings is 1. The summed E-state index contributed by atoms with van der Waals surface area (Å²) in [4.78, 5) is 15.6. The van der Waals surface area contributed by atoms with E-state index < -0.39 is 11.4 Å². The van der Waals surface area contributed by atoms with Crippen molar-refractivity contribution >= 4 is 11.6 Å². The van der Waals surface area contributed by atoms with E-state index in [0.717, 1.165) is 11.8 Å². The first kappa shape index (κ1) is 20.6. The van der Waals surface area contributed by atoms with Crippen molar-refractivity contribution in [2.24, 2.45) is 5.92 Å². The second kappa shape index (κ2) is 8.89. The number of halogens is 2. The van der Waals surface area contributed by atoms with Crippen LogP contribution < -0.4 is 20.3 Å². The number of hydrogen-bond donors (Lipinski definition) is 1. The zero-order chi connectivity index (χ0) is 21.0. The van der Waals surface area contributed by atoms with Gasteiger partial charge in [0.05, 0.1) is 0 Å². The molecule has 1 aliphatic heterocycles. The Morgan fingerprint density at radius 3 is 2.72 bits per heavy atom. The molecular formula is C21H23F2N3O3. The highest BCUT2D eigenvalue weighted by Crippen LogP contribution is 2.36. The van der Waals surface area contributed by atoms with Gasteiger partial charge in [-0.1, -0.05) is 19.1 Å². The van der Waals surface area contributed by atoms with Gasteiger partial charge in [0.25, 0.3) is 0 Å². The summed E-state index contributed by atoms with van der Waals surface area (Å²) in [6.45, 7) is 6.55. The summed E-state index contributed by atoms with van der Waals surface area (Å²) in [5.74, 6) is -0.0298. The molecule has 1 aliphatic rings. The van der Waals surface area contributed by atoms with E-state index in [1.165, 1.54) is 16.7 Å². The number of fused-ring (bicyclic) bond motifs is 1. The van der Waals surface area contributed by atoms with E-state index in [0.29, 0.717) is 36.9 Å². The largest absolute Gasteiger partial charge is 0.486 e. The molecule has 6 nitrogen and oxygen atoms in total. The molecule has 0 saturated heterocycles. The molecule has 154 valence electrons. The van der Waals surface area contributed by atoms with Crippen LogP contribution >= 0.6 is 0 Å². The first-order valence-electron chi connectivity index (χ1n) is 9.31. The Bertz CT molecular complexity index is 1010. The lowest BCUT2D eigenvalue weighted by Gasteiger charge is -2.21. The molecule has 0 aliphatic carbocycles. The van der Waals surface area contributed by atoms with E-state index in [-0.39, 0.29) is 17.7 Å². The predicted molar refractivity (Wildman–Crippen MR) is 107 cm³/mol. The Morgan fingerprint density at radius 2 is 2.03 bits per heavy atom. The highest BCUT2D eigenvalue weighted by Gasteiger charge is 2.16. The maximum Gasteiger partial charge on any atom is 0.310 e. The normalized spacial score (nSPS) is 14.9. The van der Waals surface area contributed by atoms with Crippen molar-refractivity contribution in [3.05, 3.63) is 64.1 Å². The number of ether oxygens (including phenoxy) is 2. The van der Waals surface area contributed by atoms with Crippen LogP contribution in [0.5, 0.6) is 11.5 Å². The van der Waals surface area contributed by atoms with Gasteiger partial charge in [0.15, 0.2) is 11.5 Å². The smallest absolute Gasteiger partial charge is 0.310 e. The van der Waals surface area contributed by atoms with E-state index in [1.54, 1.807) is 19.1 Å². The molecule has 3 rings (SSSR count). The minimum Gasteiger partial charge on any atom is -0.486 e. The number of hydrogen-bond acceptors (Lipinski definition) is 5. The summed E-state index contributed by atoms with van der Waals surface area (Å²) in [5.41, 5.74) is 0.550. The number of rotatable bonds is 6. The summed E-state index contributed by atoms with van der Waals surface area (Å²) in [6.07, 6.45) is 5.47. The number of nitrogens with one attached hydrogen (secondary N) is 1. The number of nitrogens with zero attached hydrogens (tertiary/aromatic N) is 2. The van der Waals surface area contributed by atoms with Crippen molar-refractivity contribution in [3.63, 3.8) is 0 Å².